The number of piperidine rings is 1. The first kappa shape index (κ1) is 15.2. The van der Waals surface area contributed by atoms with E-state index in [1.807, 2.05) is 18.2 Å². The zero-order chi connectivity index (χ0) is 15.2. The molecule has 1 heterocycles. The van der Waals surface area contributed by atoms with Crippen LogP contribution in [0.15, 0.2) is 29.3 Å². The second-order valence-corrected chi connectivity index (χ2v) is 6.43. The zero-order valence-corrected chi connectivity index (χ0v) is 13.3. The van der Waals surface area contributed by atoms with Gasteiger partial charge in [0.1, 0.15) is 5.75 Å². The van der Waals surface area contributed by atoms with Crippen molar-refractivity contribution in [3.63, 3.8) is 0 Å². The average molecular weight is 301 g/mol. The molecule has 4 nitrogen and oxygen atoms in total. The number of guanidine groups is 1. The number of likely N-dealkylation sites (tertiary alicyclic amines) is 1. The minimum Gasteiger partial charge on any atom is -0.506 e. The number of rotatable bonds is 2. The molecule has 0 amide bonds. The summed E-state index contributed by atoms with van der Waals surface area (Å²) < 4.78 is 0. The van der Waals surface area contributed by atoms with Gasteiger partial charge in [-0.15, -0.1) is 0 Å². The smallest absolute Gasteiger partial charge is 0.198 e. The Morgan fingerprint density at radius 1 is 1.00 bits per heavy atom. The fourth-order valence-electron chi connectivity index (χ4n) is 3.38. The SMILES string of the molecule is Oc1ccccc1NC(=NC1CCCCC1)N1CCCCC1. The lowest BCUT2D eigenvalue weighted by atomic mass is 9.96. The van der Waals surface area contributed by atoms with Gasteiger partial charge in [0.2, 0.25) is 0 Å². The van der Waals surface area contributed by atoms with Gasteiger partial charge in [-0.2, -0.15) is 0 Å². The van der Waals surface area contributed by atoms with Crippen LogP contribution in [-0.2, 0) is 0 Å². The fourth-order valence-corrected chi connectivity index (χ4v) is 3.38. The highest BCUT2D eigenvalue weighted by molar-refractivity contribution is 5.95. The van der Waals surface area contributed by atoms with Crippen LogP contribution in [0.3, 0.4) is 0 Å². The average Bonchev–Trinajstić information content (AvgIpc) is 2.58. The standard InChI is InChI=1S/C18H27N3O/c22-17-12-6-5-11-16(17)20-18(21-13-7-2-8-14-21)19-15-9-3-1-4-10-15/h5-6,11-12,15,22H,1-4,7-10,13-14H2,(H,19,20). The third-order valence-corrected chi connectivity index (χ3v) is 4.69. The van der Waals surface area contributed by atoms with Gasteiger partial charge in [0.15, 0.2) is 5.96 Å². The Labute approximate surface area is 133 Å². The first-order chi connectivity index (χ1) is 10.8. The van der Waals surface area contributed by atoms with E-state index < -0.39 is 0 Å². The molecule has 1 saturated heterocycles. The molecule has 0 radical (unpaired) electrons. The number of para-hydroxylation sites is 2. The maximum Gasteiger partial charge on any atom is 0.198 e. The maximum absolute atomic E-state index is 10.0. The minimum atomic E-state index is 0.288. The van der Waals surface area contributed by atoms with Crippen molar-refractivity contribution in [3.8, 4) is 5.75 Å². The molecule has 2 aliphatic rings. The van der Waals surface area contributed by atoms with Crippen LogP contribution in [0.5, 0.6) is 5.75 Å². The van der Waals surface area contributed by atoms with Crippen LogP contribution in [-0.4, -0.2) is 35.1 Å². The van der Waals surface area contributed by atoms with Crippen LogP contribution < -0.4 is 5.32 Å². The van der Waals surface area contributed by atoms with E-state index in [9.17, 15) is 5.11 Å². The Balaban J connectivity index is 1.78. The molecule has 0 spiro atoms. The molecule has 0 atom stereocenters. The number of hydrogen-bond donors (Lipinski definition) is 2. The molecular weight excluding hydrogens is 274 g/mol. The molecule has 0 bridgehead atoms. The van der Waals surface area contributed by atoms with Crippen molar-refractivity contribution in [3.05, 3.63) is 24.3 Å². The van der Waals surface area contributed by atoms with Gasteiger partial charge in [-0.25, -0.2) is 4.99 Å². The molecule has 1 aromatic carbocycles. The van der Waals surface area contributed by atoms with Crippen LogP contribution in [0.1, 0.15) is 51.4 Å². The second kappa shape index (κ2) is 7.52. The van der Waals surface area contributed by atoms with Crippen molar-refractivity contribution in [1.82, 2.24) is 4.90 Å². The lowest BCUT2D eigenvalue weighted by Crippen LogP contribution is -2.41. The van der Waals surface area contributed by atoms with Gasteiger partial charge >= 0.3 is 0 Å². The largest absolute Gasteiger partial charge is 0.506 e. The third kappa shape index (κ3) is 3.93. The number of aromatic hydroxyl groups is 1. The van der Waals surface area contributed by atoms with Gasteiger partial charge in [0.25, 0.3) is 0 Å². The Morgan fingerprint density at radius 2 is 1.68 bits per heavy atom. The zero-order valence-electron chi connectivity index (χ0n) is 13.3. The van der Waals surface area contributed by atoms with E-state index in [1.165, 1.54) is 51.4 Å². The van der Waals surface area contributed by atoms with E-state index in [-0.39, 0.29) is 5.75 Å². The Hall–Kier alpha value is -1.71. The normalized spacial score (nSPS) is 20.9. The number of benzene rings is 1. The summed E-state index contributed by atoms with van der Waals surface area (Å²) in [7, 11) is 0. The monoisotopic (exact) mass is 301 g/mol. The van der Waals surface area contributed by atoms with Crippen LogP contribution in [0, 0.1) is 0 Å². The molecule has 0 unspecified atom stereocenters. The molecule has 1 aliphatic heterocycles. The maximum atomic E-state index is 10.0. The van der Waals surface area contributed by atoms with Crippen LogP contribution >= 0.6 is 0 Å². The van der Waals surface area contributed by atoms with Gasteiger partial charge in [-0.05, 0) is 44.2 Å². The van der Waals surface area contributed by atoms with E-state index in [1.54, 1.807) is 6.07 Å². The molecule has 1 aromatic rings. The fraction of sp³-hybridized carbons (Fsp3) is 0.611. The molecule has 3 rings (SSSR count). The predicted octanol–water partition coefficient (Wildman–Crippen LogP) is 3.98. The molecule has 120 valence electrons. The van der Waals surface area contributed by atoms with Crippen molar-refractivity contribution in [2.75, 3.05) is 18.4 Å². The second-order valence-electron chi connectivity index (χ2n) is 6.43. The molecule has 22 heavy (non-hydrogen) atoms. The summed E-state index contributed by atoms with van der Waals surface area (Å²) in [6, 6.07) is 7.85. The summed E-state index contributed by atoms with van der Waals surface area (Å²) in [5.74, 6) is 1.24. The number of hydrogen-bond acceptors (Lipinski definition) is 2. The molecule has 2 N–H and O–H groups in total. The topological polar surface area (TPSA) is 47.9 Å². The molecule has 4 heteroatoms. The molecule has 0 aromatic heterocycles. The molecular formula is C18H27N3O. The van der Waals surface area contributed by atoms with Gasteiger partial charge in [-0.1, -0.05) is 31.4 Å². The predicted molar refractivity (Wildman–Crippen MR) is 91.5 cm³/mol. The van der Waals surface area contributed by atoms with Crippen molar-refractivity contribution in [2.45, 2.75) is 57.4 Å². The highest BCUT2D eigenvalue weighted by Crippen LogP contribution is 2.25. The Bertz CT molecular complexity index is 503. The summed E-state index contributed by atoms with van der Waals surface area (Å²) in [6.07, 6.45) is 10.1. The third-order valence-electron chi connectivity index (χ3n) is 4.69. The van der Waals surface area contributed by atoms with Gasteiger partial charge < -0.3 is 15.3 Å². The highest BCUT2D eigenvalue weighted by Gasteiger charge is 2.19. The Kier molecular flexibility index (Phi) is 5.20. The number of phenolic OH excluding ortho intramolecular Hbond substituents is 1. The first-order valence-electron chi connectivity index (χ1n) is 8.71. The van der Waals surface area contributed by atoms with Crippen molar-refractivity contribution in [1.29, 1.82) is 0 Å². The molecule has 1 aliphatic carbocycles. The first-order valence-corrected chi connectivity index (χ1v) is 8.71. The van der Waals surface area contributed by atoms with E-state index in [2.05, 4.69) is 10.2 Å². The van der Waals surface area contributed by atoms with E-state index in [4.69, 9.17) is 4.99 Å². The molecule has 2 fully saturated rings. The van der Waals surface area contributed by atoms with E-state index in [0.29, 0.717) is 6.04 Å². The number of nitrogens with one attached hydrogen (secondary N) is 1. The van der Waals surface area contributed by atoms with Gasteiger partial charge in [0, 0.05) is 13.1 Å². The van der Waals surface area contributed by atoms with E-state index in [0.717, 1.165) is 24.7 Å². The van der Waals surface area contributed by atoms with Crippen molar-refractivity contribution in [2.24, 2.45) is 4.99 Å². The summed E-state index contributed by atoms with van der Waals surface area (Å²) >= 11 is 0. The Morgan fingerprint density at radius 3 is 2.41 bits per heavy atom. The van der Waals surface area contributed by atoms with Crippen LogP contribution in [0.4, 0.5) is 5.69 Å². The van der Waals surface area contributed by atoms with Crippen LogP contribution in [0.25, 0.3) is 0 Å². The van der Waals surface area contributed by atoms with E-state index >= 15 is 0 Å². The lowest BCUT2D eigenvalue weighted by Gasteiger charge is -2.32. The summed E-state index contributed by atoms with van der Waals surface area (Å²) in [5.41, 5.74) is 0.752. The summed E-state index contributed by atoms with van der Waals surface area (Å²) in [6.45, 7) is 2.12. The highest BCUT2D eigenvalue weighted by atomic mass is 16.3. The van der Waals surface area contributed by atoms with Crippen LogP contribution in [0.2, 0.25) is 0 Å². The number of phenols is 1. The lowest BCUT2D eigenvalue weighted by molar-refractivity contribution is 0.336. The summed E-state index contributed by atoms with van der Waals surface area (Å²) in [4.78, 5) is 7.37. The minimum absolute atomic E-state index is 0.288. The number of nitrogens with zero attached hydrogens (tertiary/aromatic N) is 2. The number of anilines is 1. The quantitative estimate of drug-likeness (QED) is 0.493. The van der Waals surface area contributed by atoms with Crippen molar-refractivity contribution < 1.29 is 5.11 Å². The summed E-state index contributed by atoms with van der Waals surface area (Å²) in [5, 5.41) is 13.4. The van der Waals surface area contributed by atoms with Crippen molar-refractivity contribution >= 4 is 11.6 Å². The molecule has 1 saturated carbocycles. The van der Waals surface area contributed by atoms with Gasteiger partial charge in [-0.3, -0.25) is 0 Å². The van der Waals surface area contributed by atoms with Gasteiger partial charge in [0.05, 0.1) is 11.7 Å². The number of aliphatic imine (C=N–C) groups is 1.